The third-order valence-electron chi connectivity index (χ3n) is 3.96. The van der Waals surface area contributed by atoms with Crippen LogP contribution in [-0.4, -0.2) is 16.8 Å². The van der Waals surface area contributed by atoms with Crippen LogP contribution >= 0.6 is 15.9 Å². The van der Waals surface area contributed by atoms with E-state index in [0.717, 1.165) is 23.7 Å². The molecule has 1 aliphatic carbocycles. The first-order chi connectivity index (χ1) is 8.56. The molecular weight excluding hydrogens is 290 g/mol. The highest BCUT2D eigenvalue weighted by Crippen LogP contribution is 2.31. The molecule has 2 nitrogen and oxygen atoms in total. The lowest BCUT2D eigenvalue weighted by atomic mass is 9.99. The van der Waals surface area contributed by atoms with E-state index < -0.39 is 0 Å². The topological polar surface area (TPSA) is 29.1 Å². The van der Waals surface area contributed by atoms with Gasteiger partial charge < -0.3 is 5.32 Å². The van der Waals surface area contributed by atoms with Gasteiger partial charge in [0.2, 0.25) is 0 Å². The molecule has 0 spiro atoms. The first kappa shape index (κ1) is 13.6. The summed E-state index contributed by atoms with van der Waals surface area (Å²) in [5.41, 5.74) is 3.13. The third-order valence-corrected chi connectivity index (χ3v) is 5.04. The first-order valence-electron chi connectivity index (χ1n) is 6.52. The molecule has 0 atom stereocenters. The molecule has 0 heterocycles. The Morgan fingerprint density at radius 1 is 1.28 bits per heavy atom. The maximum Gasteiger partial charge on any atom is 0.251 e. The van der Waals surface area contributed by atoms with Crippen LogP contribution in [0.5, 0.6) is 0 Å². The second-order valence-electron chi connectivity index (χ2n) is 5.37. The Kier molecular flexibility index (Phi) is 4.10. The fourth-order valence-corrected chi connectivity index (χ4v) is 3.24. The van der Waals surface area contributed by atoms with E-state index in [1.807, 2.05) is 25.1 Å². The third kappa shape index (κ3) is 2.77. The standard InChI is InChI=1S/C15H20BrNO/c1-11-5-6-13(9-12(11)2)14(18)17-15(10-16)7-3-4-8-15/h5-6,9H,3-4,7-8,10H2,1-2H3,(H,17,18). The Hall–Kier alpha value is -0.830. The summed E-state index contributed by atoms with van der Waals surface area (Å²) in [6, 6.07) is 5.90. The second kappa shape index (κ2) is 5.43. The van der Waals surface area contributed by atoms with E-state index in [1.165, 1.54) is 24.0 Å². The summed E-state index contributed by atoms with van der Waals surface area (Å²) in [4.78, 5) is 12.3. The monoisotopic (exact) mass is 309 g/mol. The van der Waals surface area contributed by atoms with Crippen molar-refractivity contribution in [2.75, 3.05) is 5.33 Å². The summed E-state index contributed by atoms with van der Waals surface area (Å²) >= 11 is 3.55. The number of alkyl halides is 1. The number of hydrogen-bond donors (Lipinski definition) is 1. The largest absolute Gasteiger partial charge is 0.346 e. The van der Waals surface area contributed by atoms with E-state index in [-0.39, 0.29) is 11.4 Å². The van der Waals surface area contributed by atoms with Gasteiger partial charge in [0.05, 0.1) is 5.54 Å². The van der Waals surface area contributed by atoms with Crippen molar-refractivity contribution in [3.05, 3.63) is 34.9 Å². The van der Waals surface area contributed by atoms with Gasteiger partial charge in [0, 0.05) is 10.9 Å². The number of carbonyl (C=O) groups is 1. The lowest BCUT2D eigenvalue weighted by molar-refractivity contribution is 0.0910. The molecular formula is C15H20BrNO. The Bertz CT molecular complexity index is 450. The predicted molar refractivity (Wildman–Crippen MR) is 78.4 cm³/mol. The Balaban J connectivity index is 2.13. The molecule has 1 saturated carbocycles. The Labute approximate surface area is 117 Å². The van der Waals surface area contributed by atoms with Crippen molar-refractivity contribution in [3.63, 3.8) is 0 Å². The molecule has 0 aliphatic heterocycles. The van der Waals surface area contributed by atoms with Crippen LogP contribution < -0.4 is 5.32 Å². The van der Waals surface area contributed by atoms with Crippen LogP contribution in [0.25, 0.3) is 0 Å². The minimum absolute atomic E-state index is 0.0319. The molecule has 18 heavy (non-hydrogen) atoms. The van der Waals surface area contributed by atoms with Crippen LogP contribution in [0.2, 0.25) is 0 Å². The first-order valence-corrected chi connectivity index (χ1v) is 7.64. The van der Waals surface area contributed by atoms with Gasteiger partial charge in [-0.1, -0.05) is 34.8 Å². The number of aryl methyl sites for hydroxylation is 2. The van der Waals surface area contributed by atoms with E-state index in [4.69, 9.17) is 0 Å². The number of rotatable bonds is 3. The summed E-state index contributed by atoms with van der Waals surface area (Å²) in [7, 11) is 0. The zero-order chi connectivity index (χ0) is 13.2. The van der Waals surface area contributed by atoms with Crippen molar-refractivity contribution in [2.45, 2.75) is 45.1 Å². The van der Waals surface area contributed by atoms with Crippen LogP contribution in [0.15, 0.2) is 18.2 Å². The highest BCUT2D eigenvalue weighted by atomic mass is 79.9. The number of nitrogens with one attached hydrogen (secondary N) is 1. The van der Waals surface area contributed by atoms with E-state index >= 15 is 0 Å². The zero-order valence-corrected chi connectivity index (χ0v) is 12.6. The molecule has 0 bridgehead atoms. The lowest BCUT2D eigenvalue weighted by Crippen LogP contribution is -2.47. The summed E-state index contributed by atoms with van der Waals surface area (Å²) in [6.45, 7) is 4.11. The van der Waals surface area contributed by atoms with Gasteiger partial charge >= 0.3 is 0 Å². The van der Waals surface area contributed by atoms with Gasteiger partial charge in [-0.3, -0.25) is 4.79 Å². The molecule has 0 saturated heterocycles. The number of benzene rings is 1. The van der Waals surface area contributed by atoms with Gasteiger partial charge in [-0.05, 0) is 49.9 Å². The van der Waals surface area contributed by atoms with Crippen molar-refractivity contribution in [3.8, 4) is 0 Å². The molecule has 98 valence electrons. The maximum absolute atomic E-state index is 12.3. The fourth-order valence-electron chi connectivity index (χ4n) is 2.54. The van der Waals surface area contributed by atoms with E-state index in [1.54, 1.807) is 0 Å². The van der Waals surface area contributed by atoms with Crippen LogP contribution in [0.4, 0.5) is 0 Å². The molecule has 1 aromatic rings. The molecule has 1 aliphatic rings. The Morgan fingerprint density at radius 2 is 1.94 bits per heavy atom. The van der Waals surface area contributed by atoms with E-state index in [0.29, 0.717) is 0 Å². The Morgan fingerprint density at radius 3 is 2.50 bits per heavy atom. The van der Waals surface area contributed by atoms with Gasteiger partial charge in [-0.25, -0.2) is 0 Å². The van der Waals surface area contributed by atoms with Gasteiger partial charge in [-0.2, -0.15) is 0 Å². The molecule has 1 N–H and O–H groups in total. The van der Waals surface area contributed by atoms with Gasteiger partial charge in [0.15, 0.2) is 0 Å². The molecule has 0 unspecified atom stereocenters. The van der Waals surface area contributed by atoms with Crippen LogP contribution in [-0.2, 0) is 0 Å². The van der Waals surface area contributed by atoms with Gasteiger partial charge in [0.1, 0.15) is 0 Å². The number of carbonyl (C=O) groups excluding carboxylic acids is 1. The van der Waals surface area contributed by atoms with Crippen molar-refractivity contribution < 1.29 is 4.79 Å². The van der Waals surface area contributed by atoms with Crippen molar-refractivity contribution in [1.82, 2.24) is 5.32 Å². The minimum Gasteiger partial charge on any atom is -0.346 e. The molecule has 1 aromatic carbocycles. The van der Waals surface area contributed by atoms with Gasteiger partial charge in [-0.15, -0.1) is 0 Å². The fraction of sp³-hybridized carbons (Fsp3) is 0.533. The van der Waals surface area contributed by atoms with Crippen LogP contribution in [0.3, 0.4) is 0 Å². The second-order valence-corrected chi connectivity index (χ2v) is 5.93. The number of amides is 1. The maximum atomic E-state index is 12.3. The highest BCUT2D eigenvalue weighted by Gasteiger charge is 2.34. The SMILES string of the molecule is Cc1ccc(C(=O)NC2(CBr)CCCC2)cc1C. The quantitative estimate of drug-likeness (QED) is 0.847. The number of hydrogen-bond acceptors (Lipinski definition) is 1. The smallest absolute Gasteiger partial charge is 0.251 e. The normalized spacial score (nSPS) is 17.7. The summed E-state index contributed by atoms with van der Waals surface area (Å²) in [5.74, 6) is 0.0550. The predicted octanol–water partition coefficient (Wildman–Crippen LogP) is 3.74. The molecule has 3 heteroatoms. The molecule has 2 rings (SSSR count). The minimum atomic E-state index is -0.0319. The number of halogens is 1. The average Bonchev–Trinajstić information content (AvgIpc) is 2.82. The molecule has 1 amide bonds. The molecule has 1 fully saturated rings. The van der Waals surface area contributed by atoms with E-state index in [2.05, 4.69) is 28.2 Å². The summed E-state index contributed by atoms with van der Waals surface area (Å²) in [5, 5.41) is 4.06. The van der Waals surface area contributed by atoms with Crippen molar-refractivity contribution in [1.29, 1.82) is 0 Å². The van der Waals surface area contributed by atoms with Crippen LogP contribution in [0, 0.1) is 13.8 Å². The summed E-state index contributed by atoms with van der Waals surface area (Å²) < 4.78 is 0. The van der Waals surface area contributed by atoms with E-state index in [9.17, 15) is 4.79 Å². The van der Waals surface area contributed by atoms with Crippen molar-refractivity contribution >= 4 is 21.8 Å². The lowest BCUT2D eigenvalue weighted by Gasteiger charge is -2.28. The highest BCUT2D eigenvalue weighted by molar-refractivity contribution is 9.09. The summed E-state index contributed by atoms with van der Waals surface area (Å²) in [6.07, 6.45) is 4.57. The van der Waals surface area contributed by atoms with Crippen molar-refractivity contribution in [2.24, 2.45) is 0 Å². The van der Waals surface area contributed by atoms with Gasteiger partial charge in [0.25, 0.3) is 5.91 Å². The molecule has 0 aromatic heterocycles. The zero-order valence-electron chi connectivity index (χ0n) is 11.1. The van der Waals surface area contributed by atoms with Crippen LogP contribution in [0.1, 0.15) is 47.2 Å². The average molecular weight is 310 g/mol. The molecule has 0 radical (unpaired) electrons.